The Bertz CT molecular complexity index is 1240. The van der Waals surface area contributed by atoms with E-state index in [-0.39, 0.29) is 29.6 Å². The molecule has 7 nitrogen and oxygen atoms in total. The monoisotopic (exact) mass is 433 g/mol. The molecule has 0 spiro atoms. The van der Waals surface area contributed by atoms with Crippen LogP contribution in [0.2, 0.25) is 0 Å². The lowest BCUT2D eigenvalue weighted by molar-refractivity contribution is -0.125. The Balaban J connectivity index is 1.54. The maximum Gasteiger partial charge on any atom is 0.331 e. The first kappa shape index (κ1) is 21.6. The molecule has 0 radical (unpaired) electrons. The van der Waals surface area contributed by atoms with Crippen LogP contribution in [-0.2, 0) is 37.8 Å². The Morgan fingerprint density at radius 1 is 1.09 bits per heavy atom. The van der Waals surface area contributed by atoms with Gasteiger partial charge in [-0.2, -0.15) is 0 Å². The van der Waals surface area contributed by atoms with Crippen LogP contribution in [0.5, 0.6) is 5.75 Å². The van der Waals surface area contributed by atoms with E-state index in [0.29, 0.717) is 31.4 Å². The number of amides is 1. The average Bonchev–Trinajstić information content (AvgIpc) is 2.84. The predicted octanol–water partition coefficient (Wildman–Crippen LogP) is 2.03. The van der Waals surface area contributed by atoms with Gasteiger partial charge in [-0.3, -0.25) is 14.2 Å². The molecular formula is C25H27N3O4. The van der Waals surface area contributed by atoms with Crippen LogP contribution in [0.1, 0.15) is 28.8 Å². The highest BCUT2D eigenvalue weighted by molar-refractivity contribution is 5.79. The summed E-state index contributed by atoms with van der Waals surface area (Å²) in [6, 6.07) is 17.0. The van der Waals surface area contributed by atoms with Crippen LogP contribution >= 0.6 is 0 Å². The first-order chi connectivity index (χ1) is 15.5. The van der Waals surface area contributed by atoms with Crippen LogP contribution in [-0.4, -0.2) is 22.2 Å². The fraction of sp³-hybridized carbons (Fsp3) is 0.320. The lowest BCUT2D eigenvalue weighted by Gasteiger charge is -2.26. The smallest absolute Gasteiger partial charge is 0.331 e. The first-order valence-electron chi connectivity index (χ1n) is 10.7. The number of fused-ring (bicyclic) bond motifs is 1. The summed E-state index contributed by atoms with van der Waals surface area (Å²) in [6.45, 7) is 0.608. The van der Waals surface area contributed by atoms with Crippen molar-refractivity contribution >= 4 is 5.91 Å². The number of hydrogen-bond acceptors (Lipinski definition) is 4. The van der Waals surface area contributed by atoms with Gasteiger partial charge in [0.15, 0.2) is 0 Å². The SMILES string of the molecule is COc1cccc(CNC(=O)C2CCc3c(c(=O)n(Cc4ccccc4)c(=O)n3C)C2)c1. The van der Waals surface area contributed by atoms with Gasteiger partial charge >= 0.3 is 5.69 Å². The van der Waals surface area contributed by atoms with Crippen molar-refractivity contribution < 1.29 is 9.53 Å². The predicted molar refractivity (Wildman–Crippen MR) is 122 cm³/mol. The van der Waals surface area contributed by atoms with Crippen molar-refractivity contribution in [1.82, 2.24) is 14.5 Å². The molecule has 4 rings (SSSR count). The third-order valence-electron chi connectivity index (χ3n) is 6.11. The summed E-state index contributed by atoms with van der Waals surface area (Å²) in [5.74, 6) is 0.355. The van der Waals surface area contributed by atoms with Gasteiger partial charge in [0.25, 0.3) is 5.56 Å². The fourth-order valence-electron chi connectivity index (χ4n) is 4.30. The number of carbonyl (C=O) groups excluding carboxylic acids is 1. The summed E-state index contributed by atoms with van der Waals surface area (Å²) in [7, 11) is 3.31. The van der Waals surface area contributed by atoms with E-state index in [4.69, 9.17) is 4.74 Å². The van der Waals surface area contributed by atoms with Crippen molar-refractivity contribution in [2.24, 2.45) is 13.0 Å². The summed E-state index contributed by atoms with van der Waals surface area (Å²) in [6.07, 6.45) is 1.47. The zero-order valence-corrected chi connectivity index (χ0v) is 18.3. The van der Waals surface area contributed by atoms with Crippen molar-refractivity contribution in [3.63, 3.8) is 0 Å². The highest BCUT2D eigenvalue weighted by Gasteiger charge is 2.29. The third kappa shape index (κ3) is 4.37. The van der Waals surface area contributed by atoms with Crippen molar-refractivity contribution in [3.05, 3.63) is 97.8 Å². The largest absolute Gasteiger partial charge is 0.497 e. The summed E-state index contributed by atoms with van der Waals surface area (Å²) >= 11 is 0. The van der Waals surface area contributed by atoms with Crippen LogP contribution < -0.4 is 21.3 Å². The van der Waals surface area contributed by atoms with Gasteiger partial charge in [-0.05, 0) is 42.5 Å². The van der Waals surface area contributed by atoms with E-state index in [9.17, 15) is 14.4 Å². The number of hydrogen-bond donors (Lipinski definition) is 1. The molecule has 1 heterocycles. The molecule has 2 aromatic carbocycles. The first-order valence-corrected chi connectivity index (χ1v) is 10.7. The van der Waals surface area contributed by atoms with Gasteiger partial charge in [0.05, 0.1) is 13.7 Å². The van der Waals surface area contributed by atoms with Crippen LogP contribution in [0.3, 0.4) is 0 Å². The second-order valence-corrected chi connectivity index (χ2v) is 8.15. The molecule has 1 unspecified atom stereocenters. The van der Waals surface area contributed by atoms with Gasteiger partial charge in [-0.25, -0.2) is 4.79 Å². The number of rotatable bonds is 6. The Hall–Kier alpha value is -3.61. The molecule has 0 bridgehead atoms. The maximum absolute atomic E-state index is 13.2. The molecule has 1 aliphatic carbocycles. The van der Waals surface area contributed by atoms with E-state index >= 15 is 0 Å². The molecular weight excluding hydrogens is 406 g/mol. The molecule has 0 aliphatic heterocycles. The van der Waals surface area contributed by atoms with E-state index in [1.807, 2.05) is 54.6 Å². The van der Waals surface area contributed by atoms with Gasteiger partial charge in [-0.1, -0.05) is 42.5 Å². The molecule has 0 saturated heterocycles. The number of carbonyl (C=O) groups is 1. The molecule has 1 aromatic heterocycles. The third-order valence-corrected chi connectivity index (χ3v) is 6.11. The van der Waals surface area contributed by atoms with Crippen LogP contribution in [0, 0.1) is 5.92 Å². The van der Waals surface area contributed by atoms with Crippen LogP contribution in [0.25, 0.3) is 0 Å². The highest BCUT2D eigenvalue weighted by Crippen LogP contribution is 2.23. The van der Waals surface area contributed by atoms with Crippen LogP contribution in [0.4, 0.5) is 0 Å². The van der Waals surface area contributed by atoms with E-state index < -0.39 is 0 Å². The highest BCUT2D eigenvalue weighted by atomic mass is 16.5. The van der Waals surface area contributed by atoms with Crippen molar-refractivity contribution in [1.29, 1.82) is 0 Å². The van der Waals surface area contributed by atoms with Crippen LogP contribution in [0.15, 0.2) is 64.2 Å². The van der Waals surface area contributed by atoms with Gasteiger partial charge < -0.3 is 14.6 Å². The average molecular weight is 434 g/mol. The van der Waals surface area contributed by atoms with Gasteiger partial charge in [0, 0.05) is 30.8 Å². The summed E-state index contributed by atoms with van der Waals surface area (Å²) in [5, 5.41) is 2.98. The Morgan fingerprint density at radius 3 is 2.59 bits per heavy atom. The number of nitrogens with zero attached hydrogens (tertiary/aromatic N) is 2. The minimum absolute atomic E-state index is 0.0821. The van der Waals surface area contributed by atoms with Gasteiger partial charge in [0.1, 0.15) is 5.75 Å². The lowest BCUT2D eigenvalue weighted by atomic mass is 9.86. The van der Waals surface area contributed by atoms with E-state index in [0.717, 1.165) is 22.6 Å². The molecule has 1 atom stereocenters. The number of benzene rings is 2. The molecule has 1 amide bonds. The summed E-state index contributed by atoms with van der Waals surface area (Å²) in [5.41, 5.74) is 2.52. The standard InChI is InChI=1S/C25H27N3O4/c1-27-22-12-11-19(23(29)26-15-18-9-6-10-20(13-18)32-2)14-21(22)24(30)28(25(27)31)16-17-7-4-3-5-8-17/h3-10,13,19H,11-12,14-16H2,1-2H3,(H,26,29). The molecule has 3 aromatic rings. The molecule has 0 fully saturated rings. The molecule has 166 valence electrons. The van der Waals surface area contributed by atoms with Gasteiger partial charge in [0.2, 0.25) is 5.91 Å². The summed E-state index contributed by atoms with van der Waals surface area (Å²) < 4.78 is 8.06. The molecule has 1 aliphatic rings. The van der Waals surface area contributed by atoms with E-state index in [1.54, 1.807) is 18.7 Å². The topological polar surface area (TPSA) is 82.3 Å². The van der Waals surface area contributed by atoms with E-state index in [2.05, 4.69) is 5.32 Å². The summed E-state index contributed by atoms with van der Waals surface area (Å²) in [4.78, 5) is 38.9. The molecule has 7 heteroatoms. The molecule has 0 saturated carbocycles. The fourth-order valence-corrected chi connectivity index (χ4v) is 4.30. The van der Waals surface area contributed by atoms with Crippen molar-refractivity contribution in [3.8, 4) is 5.75 Å². The zero-order valence-electron chi connectivity index (χ0n) is 18.3. The number of ether oxygens (including phenoxy) is 1. The van der Waals surface area contributed by atoms with Crippen molar-refractivity contribution in [2.75, 3.05) is 7.11 Å². The van der Waals surface area contributed by atoms with Crippen molar-refractivity contribution in [2.45, 2.75) is 32.4 Å². The second-order valence-electron chi connectivity index (χ2n) is 8.15. The molecule has 32 heavy (non-hydrogen) atoms. The minimum atomic E-state index is -0.321. The Morgan fingerprint density at radius 2 is 1.84 bits per heavy atom. The van der Waals surface area contributed by atoms with E-state index in [1.165, 1.54) is 4.57 Å². The maximum atomic E-state index is 13.2. The zero-order chi connectivity index (χ0) is 22.7. The number of nitrogens with one attached hydrogen (secondary N) is 1. The van der Waals surface area contributed by atoms with Gasteiger partial charge in [-0.15, -0.1) is 0 Å². The second kappa shape index (κ2) is 9.26. The lowest BCUT2D eigenvalue weighted by Crippen LogP contribution is -2.46. The minimum Gasteiger partial charge on any atom is -0.497 e. The number of methoxy groups -OCH3 is 1. The molecule has 1 N–H and O–H groups in total. The normalized spacial score (nSPS) is 15.1. The number of aromatic nitrogens is 2. The Kier molecular flexibility index (Phi) is 6.25. The Labute approximate surface area is 186 Å². The quantitative estimate of drug-likeness (QED) is 0.645.